The first-order valence-electron chi connectivity index (χ1n) is 5.94. The number of carbonyl (C=O) groups is 1. The summed E-state index contributed by atoms with van der Waals surface area (Å²) >= 11 is 0. The first kappa shape index (κ1) is 11.9. The lowest BCUT2D eigenvalue weighted by molar-refractivity contribution is -0.131. The Kier molecular flexibility index (Phi) is 3.64. The van der Waals surface area contributed by atoms with E-state index in [0.717, 1.165) is 25.2 Å². The van der Waals surface area contributed by atoms with Gasteiger partial charge in [-0.2, -0.15) is 0 Å². The molecule has 92 valence electrons. The van der Waals surface area contributed by atoms with Gasteiger partial charge in [-0.05, 0) is 24.6 Å². The van der Waals surface area contributed by atoms with E-state index in [4.69, 9.17) is 0 Å². The quantitative estimate of drug-likeness (QED) is 0.794. The van der Waals surface area contributed by atoms with Crippen molar-refractivity contribution in [3.05, 3.63) is 29.8 Å². The molecular weight excluding hydrogens is 216 g/mol. The van der Waals surface area contributed by atoms with Crippen LogP contribution in [0.25, 0.3) is 0 Å². The first-order chi connectivity index (χ1) is 8.15. The van der Waals surface area contributed by atoms with Gasteiger partial charge in [0.2, 0.25) is 5.91 Å². The van der Waals surface area contributed by atoms with Crippen molar-refractivity contribution >= 4 is 5.91 Å². The summed E-state index contributed by atoms with van der Waals surface area (Å²) in [5, 5.41) is 12.6. The lowest BCUT2D eigenvalue weighted by atomic mass is 10.1. The summed E-state index contributed by atoms with van der Waals surface area (Å²) < 4.78 is 0. The Morgan fingerprint density at radius 3 is 3.12 bits per heavy atom. The Hall–Kier alpha value is -1.55. The molecule has 2 N–H and O–H groups in total. The third-order valence-electron chi connectivity index (χ3n) is 2.99. The zero-order valence-corrected chi connectivity index (χ0v) is 10.0. The topological polar surface area (TPSA) is 52.6 Å². The Morgan fingerprint density at radius 2 is 2.41 bits per heavy atom. The van der Waals surface area contributed by atoms with Crippen LogP contribution in [0, 0.1) is 0 Å². The molecule has 0 saturated carbocycles. The van der Waals surface area contributed by atoms with Crippen molar-refractivity contribution in [3.8, 4) is 5.75 Å². The molecule has 4 nitrogen and oxygen atoms in total. The monoisotopic (exact) mass is 234 g/mol. The minimum absolute atomic E-state index is 0.129. The molecule has 4 heteroatoms. The molecule has 1 aliphatic rings. The van der Waals surface area contributed by atoms with Crippen LogP contribution in [-0.2, 0) is 11.2 Å². The maximum absolute atomic E-state index is 12.0. The van der Waals surface area contributed by atoms with Crippen LogP contribution in [-0.4, -0.2) is 41.6 Å². The second-order valence-corrected chi connectivity index (χ2v) is 4.54. The molecule has 1 aliphatic heterocycles. The number of nitrogens with zero attached hydrogens (tertiary/aromatic N) is 1. The highest BCUT2D eigenvalue weighted by Crippen LogP contribution is 2.12. The molecule has 2 rings (SSSR count). The van der Waals surface area contributed by atoms with Gasteiger partial charge in [-0.25, -0.2) is 0 Å². The normalized spacial score (nSPS) is 20.3. The third-order valence-corrected chi connectivity index (χ3v) is 2.99. The highest BCUT2D eigenvalue weighted by atomic mass is 16.3. The molecule has 0 aliphatic carbocycles. The molecule has 17 heavy (non-hydrogen) atoms. The Balaban J connectivity index is 1.96. The Labute approximate surface area is 101 Å². The number of rotatable bonds is 2. The van der Waals surface area contributed by atoms with Gasteiger partial charge in [0, 0.05) is 25.7 Å². The number of carbonyl (C=O) groups excluding carboxylic acids is 1. The molecule has 1 aromatic carbocycles. The highest BCUT2D eigenvalue weighted by molar-refractivity contribution is 5.79. The molecule has 1 aromatic rings. The van der Waals surface area contributed by atoms with Crippen molar-refractivity contribution in [3.63, 3.8) is 0 Å². The molecule has 1 fully saturated rings. The largest absolute Gasteiger partial charge is 0.508 e. The number of phenols is 1. The van der Waals surface area contributed by atoms with Gasteiger partial charge in [0.05, 0.1) is 6.42 Å². The molecule has 0 radical (unpaired) electrons. The van der Waals surface area contributed by atoms with Crippen LogP contribution in [0.4, 0.5) is 0 Å². The summed E-state index contributed by atoms with van der Waals surface area (Å²) in [5.74, 6) is 0.341. The molecule has 0 bridgehead atoms. The van der Waals surface area contributed by atoms with E-state index in [1.807, 2.05) is 11.0 Å². The summed E-state index contributed by atoms with van der Waals surface area (Å²) in [6.07, 6.45) is 0.362. The van der Waals surface area contributed by atoms with Gasteiger partial charge in [-0.3, -0.25) is 4.79 Å². The lowest BCUT2D eigenvalue weighted by Crippen LogP contribution is -2.51. The SMILES string of the molecule is C[C@H]1CN(C(=O)Cc2cccc(O)c2)CCN1. The molecule has 1 saturated heterocycles. The summed E-state index contributed by atoms with van der Waals surface area (Å²) in [6, 6.07) is 7.24. The summed E-state index contributed by atoms with van der Waals surface area (Å²) in [7, 11) is 0. The van der Waals surface area contributed by atoms with E-state index in [2.05, 4.69) is 12.2 Å². The van der Waals surface area contributed by atoms with Crippen molar-refractivity contribution in [2.75, 3.05) is 19.6 Å². The second-order valence-electron chi connectivity index (χ2n) is 4.54. The molecule has 0 unspecified atom stereocenters. The maximum Gasteiger partial charge on any atom is 0.227 e. The molecule has 0 aromatic heterocycles. The smallest absolute Gasteiger partial charge is 0.227 e. The van der Waals surface area contributed by atoms with Gasteiger partial charge in [0.15, 0.2) is 0 Å². The number of hydrogen-bond donors (Lipinski definition) is 2. The van der Waals surface area contributed by atoms with E-state index in [1.54, 1.807) is 18.2 Å². The first-order valence-corrected chi connectivity index (χ1v) is 5.94. The molecule has 0 spiro atoms. The number of piperazine rings is 1. The van der Waals surface area contributed by atoms with E-state index < -0.39 is 0 Å². The molecular formula is C13H18N2O2. The minimum atomic E-state index is 0.129. The summed E-state index contributed by atoms with van der Waals surface area (Å²) in [6.45, 7) is 4.46. The average Bonchev–Trinajstić information content (AvgIpc) is 2.29. The summed E-state index contributed by atoms with van der Waals surface area (Å²) in [5.41, 5.74) is 0.862. The molecule has 1 amide bonds. The van der Waals surface area contributed by atoms with E-state index in [-0.39, 0.29) is 11.7 Å². The standard InChI is InChI=1S/C13H18N2O2/c1-10-9-15(6-5-14-10)13(17)8-11-3-2-4-12(16)7-11/h2-4,7,10,14,16H,5-6,8-9H2,1H3/t10-/m0/s1. The van der Waals surface area contributed by atoms with Gasteiger partial charge < -0.3 is 15.3 Å². The average molecular weight is 234 g/mol. The fraction of sp³-hybridized carbons (Fsp3) is 0.462. The minimum Gasteiger partial charge on any atom is -0.508 e. The van der Waals surface area contributed by atoms with Crippen LogP contribution in [0.2, 0.25) is 0 Å². The zero-order chi connectivity index (χ0) is 12.3. The van der Waals surface area contributed by atoms with Crippen LogP contribution in [0.15, 0.2) is 24.3 Å². The van der Waals surface area contributed by atoms with Crippen LogP contribution in [0.1, 0.15) is 12.5 Å². The van der Waals surface area contributed by atoms with Crippen molar-refractivity contribution in [1.29, 1.82) is 0 Å². The van der Waals surface area contributed by atoms with Crippen molar-refractivity contribution in [2.24, 2.45) is 0 Å². The number of amides is 1. The lowest BCUT2D eigenvalue weighted by Gasteiger charge is -2.32. The number of hydrogen-bond acceptors (Lipinski definition) is 3. The molecule has 1 heterocycles. The fourth-order valence-corrected chi connectivity index (χ4v) is 2.11. The number of nitrogens with one attached hydrogen (secondary N) is 1. The van der Waals surface area contributed by atoms with Gasteiger partial charge in [-0.1, -0.05) is 12.1 Å². The van der Waals surface area contributed by atoms with Crippen molar-refractivity contribution < 1.29 is 9.90 Å². The predicted octanol–water partition coefficient (Wildman–Crippen LogP) is 0.755. The Morgan fingerprint density at radius 1 is 1.59 bits per heavy atom. The van der Waals surface area contributed by atoms with Gasteiger partial charge in [0.1, 0.15) is 5.75 Å². The fourth-order valence-electron chi connectivity index (χ4n) is 2.11. The van der Waals surface area contributed by atoms with Gasteiger partial charge >= 0.3 is 0 Å². The third kappa shape index (κ3) is 3.20. The zero-order valence-electron chi connectivity index (χ0n) is 10.0. The van der Waals surface area contributed by atoms with Crippen molar-refractivity contribution in [1.82, 2.24) is 10.2 Å². The van der Waals surface area contributed by atoms with Gasteiger partial charge in [0.25, 0.3) is 0 Å². The van der Waals surface area contributed by atoms with Crippen LogP contribution < -0.4 is 5.32 Å². The van der Waals surface area contributed by atoms with Gasteiger partial charge in [-0.15, -0.1) is 0 Å². The second kappa shape index (κ2) is 5.19. The van der Waals surface area contributed by atoms with Crippen molar-refractivity contribution in [2.45, 2.75) is 19.4 Å². The van der Waals surface area contributed by atoms with E-state index >= 15 is 0 Å². The summed E-state index contributed by atoms with van der Waals surface area (Å²) in [4.78, 5) is 13.9. The highest BCUT2D eigenvalue weighted by Gasteiger charge is 2.20. The maximum atomic E-state index is 12.0. The number of phenolic OH excluding ortho intramolecular Hbond substituents is 1. The van der Waals surface area contributed by atoms with E-state index in [1.165, 1.54) is 0 Å². The number of benzene rings is 1. The Bertz CT molecular complexity index is 406. The predicted molar refractivity (Wildman–Crippen MR) is 65.9 cm³/mol. The van der Waals surface area contributed by atoms with E-state index in [0.29, 0.717) is 12.5 Å². The van der Waals surface area contributed by atoms with Crippen LogP contribution in [0.5, 0.6) is 5.75 Å². The van der Waals surface area contributed by atoms with E-state index in [9.17, 15) is 9.90 Å². The van der Waals surface area contributed by atoms with Crippen LogP contribution >= 0.6 is 0 Å². The van der Waals surface area contributed by atoms with Crippen LogP contribution in [0.3, 0.4) is 0 Å². The number of aromatic hydroxyl groups is 1. The molecule has 1 atom stereocenters.